The Labute approximate surface area is 327 Å². The first-order chi connectivity index (χ1) is 26.2. The standard InChI is InChI=1S/C49H80O4/c1-3-5-7-9-11-13-15-17-19-21-23-24-25-27-29-31-33-35-37-39-41-43-45-52-47-48(46-50)53-49(51)44-42-40-38-36-34-32-30-28-26-22-20-18-16-14-12-10-8-6-4-2/h6,8,12,14-15,17-18,20-21,23,25-28,32,34,38,40,48,50H,3-5,7,9-11,13,16,19,22,24,29-31,33,35-37,39,41-47H2,1-2H3/b8-6-,14-12-,17-15-,20-18-,23-21-,27-25-,28-26-,34-32-,40-38-. The predicted octanol–water partition coefficient (Wildman–Crippen LogP) is 14.3. The van der Waals surface area contributed by atoms with Crippen LogP contribution in [0.1, 0.15) is 168 Å². The van der Waals surface area contributed by atoms with Crippen LogP contribution in [0.3, 0.4) is 0 Å². The van der Waals surface area contributed by atoms with Gasteiger partial charge in [-0.05, 0) is 89.9 Å². The molecule has 0 bridgehead atoms. The smallest absolute Gasteiger partial charge is 0.306 e. The first-order valence-electron chi connectivity index (χ1n) is 21.5. The van der Waals surface area contributed by atoms with Crippen molar-refractivity contribution in [2.45, 2.75) is 174 Å². The molecule has 0 aromatic carbocycles. The van der Waals surface area contributed by atoms with Crippen molar-refractivity contribution < 1.29 is 19.4 Å². The van der Waals surface area contributed by atoms with Gasteiger partial charge in [-0.2, -0.15) is 0 Å². The highest BCUT2D eigenvalue weighted by atomic mass is 16.6. The Hall–Kier alpha value is -2.95. The topological polar surface area (TPSA) is 55.8 Å². The van der Waals surface area contributed by atoms with Crippen molar-refractivity contribution in [1.82, 2.24) is 0 Å². The highest BCUT2D eigenvalue weighted by Gasteiger charge is 2.13. The number of rotatable bonds is 38. The summed E-state index contributed by atoms with van der Waals surface area (Å²) in [5.74, 6) is -0.290. The number of aliphatic hydroxyl groups excluding tert-OH is 1. The summed E-state index contributed by atoms with van der Waals surface area (Å²) in [6.07, 6.45) is 65.8. The maximum Gasteiger partial charge on any atom is 0.306 e. The summed E-state index contributed by atoms with van der Waals surface area (Å²) in [7, 11) is 0. The van der Waals surface area contributed by atoms with E-state index in [0.717, 1.165) is 64.2 Å². The third-order valence-electron chi connectivity index (χ3n) is 8.60. The second-order valence-corrected chi connectivity index (χ2v) is 13.7. The second kappa shape index (κ2) is 45.2. The predicted molar refractivity (Wildman–Crippen MR) is 232 cm³/mol. The largest absolute Gasteiger partial charge is 0.457 e. The Bertz CT molecular complexity index is 1040. The number of esters is 1. The summed E-state index contributed by atoms with van der Waals surface area (Å²) >= 11 is 0. The van der Waals surface area contributed by atoms with Crippen LogP contribution >= 0.6 is 0 Å². The number of carbonyl (C=O) groups is 1. The number of hydrogen-bond donors (Lipinski definition) is 1. The van der Waals surface area contributed by atoms with Gasteiger partial charge >= 0.3 is 5.97 Å². The molecular formula is C49H80O4. The third-order valence-corrected chi connectivity index (χ3v) is 8.60. The minimum Gasteiger partial charge on any atom is -0.457 e. The molecular weight excluding hydrogens is 653 g/mol. The van der Waals surface area contributed by atoms with Gasteiger partial charge in [0.05, 0.1) is 13.2 Å². The molecule has 0 saturated heterocycles. The van der Waals surface area contributed by atoms with E-state index in [1.807, 2.05) is 6.08 Å². The van der Waals surface area contributed by atoms with Gasteiger partial charge in [-0.1, -0.05) is 181 Å². The molecule has 0 heterocycles. The van der Waals surface area contributed by atoms with Crippen LogP contribution in [0.15, 0.2) is 109 Å². The number of allylic oxidation sites excluding steroid dienone is 18. The van der Waals surface area contributed by atoms with Gasteiger partial charge < -0.3 is 14.6 Å². The molecule has 0 spiro atoms. The SMILES string of the molecule is CC/C=C\C/C=C\C/C=C\C/C=C\C/C=C\C/C=C\CCC(=O)OC(CO)COCCCCCCCCC/C=C\C/C=C\C/C=C\CCCCCCC. The van der Waals surface area contributed by atoms with Gasteiger partial charge in [-0.15, -0.1) is 0 Å². The fourth-order valence-electron chi connectivity index (χ4n) is 5.42. The third kappa shape index (κ3) is 43.3. The number of carbonyl (C=O) groups excluding carboxylic acids is 1. The molecule has 0 amide bonds. The molecule has 0 aliphatic rings. The van der Waals surface area contributed by atoms with E-state index in [9.17, 15) is 9.90 Å². The van der Waals surface area contributed by atoms with Crippen molar-refractivity contribution in [2.24, 2.45) is 0 Å². The van der Waals surface area contributed by atoms with Crippen LogP contribution in [0.25, 0.3) is 0 Å². The van der Waals surface area contributed by atoms with Crippen molar-refractivity contribution in [3.8, 4) is 0 Å². The van der Waals surface area contributed by atoms with E-state index in [-0.39, 0.29) is 19.2 Å². The normalized spacial score (nSPS) is 13.5. The molecule has 1 unspecified atom stereocenters. The van der Waals surface area contributed by atoms with Crippen molar-refractivity contribution >= 4 is 5.97 Å². The van der Waals surface area contributed by atoms with Crippen molar-refractivity contribution in [1.29, 1.82) is 0 Å². The molecule has 0 aromatic heterocycles. The van der Waals surface area contributed by atoms with Crippen LogP contribution in [0.5, 0.6) is 0 Å². The molecule has 0 fully saturated rings. The Kier molecular flexibility index (Phi) is 42.7. The monoisotopic (exact) mass is 733 g/mol. The van der Waals surface area contributed by atoms with Crippen molar-refractivity contribution in [2.75, 3.05) is 19.8 Å². The van der Waals surface area contributed by atoms with Crippen LogP contribution in [0.2, 0.25) is 0 Å². The van der Waals surface area contributed by atoms with E-state index < -0.39 is 6.10 Å². The van der Waals surface area contributed by atoms with Crippen molar-refractivity contribution in [3.05, 3.63) is 109 Å². The number of ether oxygens (including phenoxy) is 2. The first kappa shape index (κ1) is 50.1. The van der Waals surface area contributed by atoms with Crippen LogP contribution in [0.4, 0.5) is 0 Å². The maximum atomic E-state index is 12.2. The zero-order valence-corrected chi connectivity index (χ0v) is 34.2. The van der Waals surface area contributed by atoms with Crippen molar-refractivity contribution in [3.63, 3.8) is 0 Å². The highest BCUT2D eigenvalue weighted by molar-refractivity contribution is 5.69. The molecule has 0 radical (unpaired) electrons. The average molecular weight is 733 g/mol. The molecule has 4 nitrogen and oxygen atoms in total. The quantitative estimate of drug-likeness (QED) is 0.0390. The molecule has 0 aromatic rings. The van der Waals surface area contributed by atoms with Crippen LogP contribution in [0, 0.1) is 0 Å². The van der Waals surface area contributed by atoms with Gasteiger partial charge in [0.1, 0.15) is 6.10 Å². The fourth-order valence-corrected chi connectivity index (χ4v) is 5.42. The van der Waals surface area contributed by atoms with E-state index in [4.69, 9.17) is 9.47 Å². The van der Waals surface area contributed by atoms with Crippen LogP contribution in [-0.2, 0) is 14.3 Å². The molecule has 1 N–H and O–H groups in total. The Balaban J connectivity index is 3.62. The fraction of sp³-hybridized carbons (Fsp3) is 0.612. The van der Waals surface area contributed by atoms with E-state index in [1.165, 1.54) is 77.0 Å². The Morgan fingerprint density at radius 1 is 0.472 bits per heavy atom. The summed E-state index contributed by atoms with van der Waals surface area (Å²) in [5.41, 5.74) is 0. The number of unbranched alkanes of at least 4 members (excludes halogenated alkanes) is 12. The molecule has 0 aliphatic carbocycles. The summed E-state index contributed by atoms with van der Waals surface area (Å²) < 4.78 is 11.1. The van der Waals surface area contributed by atoms with Gasteiger partial charge in [0, 0.05) is 13.0 Å². The minimum atomic E-state index is -0.588. The highest BCUT2D eigenvalue weighted by Crippen LogP contribution is 2.10. The minimum absolute atomic E-state index is 0.214. The lowest BCUT2D eigenvalue weighted by molar-refractivity contribution is -0.154. The average Bonchev–Trinajstić information content (AvgIpc) is 3.16. The molecule has 1 atom stereocenters. The first-order valence-corrected chi connectivity index (χ1v) is 21.5. The summed E-state index contributed by atoms with van der Waals surface area (Å²) in [4.78, 5) is 12.2. The van der Waals surface area contributed by atoms with Gasteiger partial charge in [0.25, 0.3) is 0 Å². The zero-order chi connectivity index (χ0) is 38.4. The molecule has 0 rings (SSSR count). The summed E-state index contributed by atoms with van der Waals surface area (Å²) in [5, 5.41) is 9.59. The summed E-state index contributed by atoms with van der Waals surface area (Å²) in [6, 6.07) is 0. The molecule has 53 heavy (non-hydrogen) atoms. The van der Waals surface area contributed by atoms with E-state index in [2.05, 4.69) is 117 Å². The molecule has 0 saturated carbocycles. The Morgan fingerprint density at radius 2 is 0.849 bits per heavy atom. The maximum absolute atomic E-state index is 12.2. The van der Waals surface area contributed by atoms with Crippen LogP contribution < -0.4 is 0 Å². The van der Waals surface area contributed by atoms with Crippen LogP contribution in [-0.4, -0.2) is 37.0 Å². The molecule has 4 heteroatoms. The van der Waals surface area contributed by atoms with Gasteiger partial charge in [0.15, 0.2) is 0 Å². The van der Waals surface area contributed by atoms with Gasteiger partial charge in [-0.25, -0.2) is 0 Å². The van der Waals surface area contributed by atoms with Gasteiger partial charge in [0.2, 0.25) is 0 Å². The summed E-state index contributed by atoms with van der Waals surface area (Å²) in [6.45, 7) is 5.10. The number of aliphatic hydroxyl groups is 1. The van der Waals surface area contributed by atoms with Gasteiger partial charge in [-0.3, -0.25) is 4.79 Å². The lowest BCUT2D eigenvalue weighted by Gasteiger charge is -2.15. The lowest BCUT2D eigenvalue weighted by Crippen LogP contribution is -2.27. The van der Waals surface area contributed by atoms with E-state index >= 15 is 0 Å². The molecule has 0 aliphatic heterocycles. The Morgan fingerprint density at radius 3 is 1.28 bits per heavy atom. The number of hydrogen-bond acceptors (Lipinski definition) is 4. The second-order valence-electron chi connectivity index (χ2n) is 13.7. The van der Waals surface area contributed by atoms with E-state index in [0.29, 0.717) is 19.4 Å². The lowest BCUT2D eigenvalue weighted by atomic mass is 10.1. The van der Waals surface area contributed by atoms with E-state index in [1.54, 1.807) is 0 Å². The zero-order valence-electron chi connectivity index (χ0n) is 34.2. The molecule has 300 valence electrons.